The third-order valence-electron chi connectivity index (χ3n) is 7.79. The van der Waals surface area contributed by atoms with Gasteiger partial charge >= 0.3 is 0 Å². The number of nitrogens with two attached hydrogens (primary N) is 1. The number of amides is 1. The Kier molecular flexibility index (Phi) is 6.74. The molecule has 1 aliphatic carbocycles. The molecule has 2 aliphatic rings. The van der Waals surface area contributed by atoms with Gasteiger partial charge in [0.05, 0.1) is 24.4 Å². The van der Waals surface area contributed by atoms with Gasteiger partial charge in [0.15, 0.2) is 5.82 Å². The van der Waals surface area contributed by atoms with Crippen LogP contribution in [0.1, 0.15) is 51.4 Å². The van der Waals surface area contributed by atoms with Crippen molar-refractivity contribution >= 4 is 29.2 Å². The summed E-state index contributed by atoms with van der Waals surface area (Å²) < 4.78 is 16.9. The van der Waals surface area contributed by atoms with Crippen LogP contribution in [0.15, 0.2) is 67.3 Å². The first kappa shape index (κ1) is 26.7. The van der Waals surface area contributed by atoms with Crippen LogP contribution in [0.5, 0.6) is 0 Å². The van der Waals surface area contributed by atoms with Crippen LogP contribution in [0, 0.1) is 5.82 Å². The Labute approximate surface area is 246 Å². The number of hydrogen-bond donors (Lipinski definition) is 3. The van der Waals surface area contributed by atoms with Gasteiger partial charge in [-0.1, -0.05) is 30.3 Å². The molecule has 1 amide bonds. The average Bonchev–Trinajstić information content (AvgIpc) is 3.73. The summed E-state index contributed by atoms with van der Waals surface area (Å²) >= 11 is 0. The molecule has 1 aliphatic heterocycles. The van der Waals surface area contributed by atoms with Crippen molar-refractivity contribution in [3.05, 3.63) is 101 Å². The topological polar surface area (TPSA) is 148 Å². The maximum absolute atomic E-state index is 15.2. The molecule has 0 radical (unpaired) electrons. The predicted octanol–water partition coefficient (Wildman–Crippen LogP) is 4.22. The van der Waals surface area contributed by atoms with E-state index in [4.69, 9.17) is 5.73 Å². The maximum atomic E-state index is 15.2. The summed E-state index contributed by atoms with van der Waals surface area (Å²) in [6, 6.07) is 16.4. The quantitative estimate of drug-likeness (QED) is 0.247. The largest absolute Gasteiger partial charge is 0.392 e. The number of nitrogen functional groups attached to an aromatic ring is 1. The number of anilines is 4. The Hall–Kier alpha value is -5.23. The van der Waals surface area contributed by atoms with E-state index in [0.29, 0.717) is 42.2 Å². The van der Waals surface area contributed by atoms with E-state index in [-0.39, 0.29) is 23.3 Å². The third-order valence-corrected chi connectivity index (χ3v) is 7.79. The van der Waals surface area contributed by atoms with Crippen molar-refractivity contribution in [2.24, 2.45) is 0 Å². The van der Waals surface area contributed by atoms with E-state index in [0.717, 1.165) is 35.2 Å². The minimum atomic E-state index is -0.498. The highest BCUT2D eigenvalue weighted by Gasteiger charge is 2.33. The van der Waals surface area contributed by atoms with Gasteiger partial charge in [-0.3, -0.25) is 4.79 Å². The molecule has 0 spiro atoms. The summed E-state index contributed by atoms with van der Waals surface area (Å²) in [6.45, 7) is 0.495. The molecule has 12 heteroatoms. The number of halogens is 1. The van der Waals surface area contributed by atoms with Crippen molar-refractivity contribution in [1.82, 2.24) is 29.7 Å². The van der Waals surface area contributed by atoms with E-state index in [1.165, 1.54) is 17.3 Å². The number of carbonyl (C=O) groups excluding carboxylic acids is 1. The second kappa shape index (κ2) is 10.9. The highest BCUT2D eigenvalue weighted by Crippen LogP contribution is 2.42. The molecule has 1 saturated carbocycles. The SMILES string of the molecule is Nc1nc(Nc2cccc(Cn3cncn3)c2)nc(-c2cccc(N3CCc4cc(C5CC5)cc(F)c4C3=O)c2CO)n1. The predicted molar refractivity (Wildman–Crippen MR) is 158 cm³/mol. The molecular formula is C31H28FN9O2. The van der Waals surface area contributed by atoms with Gasteiger partial charge in [0.2, 0.25) is 11.9 Å². The third kappa shape index (κ3) is 5.28. The standard InChI is InChI=1S/C31H28FN9O2/c32-25-13-21(19-7-8-19)12-20-9-10-41(29(43)27(20)25)26-6-2-5-23(24(26)15-42)28-37-30(33)39-31(38-28)36-22-4-1-3-18(11-22)14-40-17-34-16-35-40/h1-6,11-13,16-17,19,42H,7-10,14-15H2,(H3,33,36,37,38,39). The fourth-order valence-corrected chi connectivity index (χ4v) is 5.62. The first-order valence-corrected chi connectivity index (χ1v) is 14.0. The second-order valence-corrected chi connectivity index (χ2v) is 10.7. The molecule has 0 atom stereocenters. The number of aliphatic hydroxyl groups excluding tert-OH is 1. The molecule has 0 saturated heterocycles. The van der Waals surface area contributed by atoms with E-state index >= 15 is 4.39 Å². The van der Waals surface area contributed by atoms with Crippen LogP contribution in [0.4, 0.5) is 27.7 Å². The molecule has 0 bridgehead atoms. The van der Waals surface area contributed by atoms with Crippen molar-refractivity contribution in [3.8, 4) is 11.4 Å². The lowest BCUT2D eigenvalue weighted by atomic mass is 9.93. The Balaban J connectivity index is 1.19. The van der Waals surface area contributed by atoms with Crippen LogP contribution in [0.3, 0.4) is 0 Å². The number of aliphatic hydroxyl groups is 1. The molecule has 4 N–H and O–H groups in total. The number of nitrogens with one attached hydrogen (secondary N) is 1. The van der Waals surface area contributed by atoms with Gasteiger partial charge in [0, 0.05) is 23.4 Å². The van der Waals surface area contributed by atoms with Crippen LogP contribution in [-0.4, -0.2) is 47.3 Å². The minimum Gasteiger partial charge on any atom is -0.392 e. The zero-order valence-corrected chi connectivity index (χ0v) is 23.1. The highest BCUT2D eigenvalue weighted by atomic mass is 19.1. The molecule has 0 unspecified atom stereocenters. The summed E-state index contributed by atoms with van der Waals surface area (Å²) in [5, 5.41) is 17.8. The van der Waals surface area contributed by atoms with Gasteiger partial charge < -0.3 is 21.1 Å². The van der Waals surface area contributed by atoms with E-state index in [2.05, 4.69) is 30.4 Å². The van der Waals surface area contributed by atoms with Gasteiger partial charge in [-0.05, 0) is 66.1 Å². The summed E-state index contributed by atoms with van der Waals surface area (Å²) in [5.74, 6) is -0.118. The molecule has 3 heterocycles. The summed E-state index contributed by atoms with van der Waals surface area (Å²) in [7, 11) is 0. The van der Waals surface area contributed by atoms with Crippen LogP contribution in [0.2, 0.25) is 0 Å². The van der Waals surface area contributed by atoms with E-state index in [1.807, 2.05) is 30.3 Å². The molecule has 3 aromatic carbocycles. The number of nitrogens with zero attached hydrogens (tertiary/aromatic N) is 7. The van der Waals surface area contributed by atoms with Crippen LogP contribution >= 0.6 is 0 Å². The molecule has 216 valence electrons. The van der Waals surface area contributed by atoms with Gasteiger partial charge in [-0.2, -0.15) is 20.1 Å². The number of hydrogen-bond acceptors (Lipinski definition) is 9. The Morgan fingerprint density at radius 3 is 2.72 bits per heavy atom. The lowest BCUT2D eigenvalue weighted by molar-refractivity contribution is 0.0976. The minimum absolute atomic E-state index is 0.0166. The molecule has 43 heavy (non-hydrogen) atoms. The van der Waals surface area contributed by atoms with Crippen molar-refractivity contribution in [2.75, 3.05) is 22.5 Å². The molecule has 7 rings (SSSR count). The maximum Gasteiger partial charge on any atom is 0.261 e. The zero-order chi connectivity index (χ0) is 29.5. The number of rotatable bonds is 8. The van der Waals surface area contributed by atoms with Gasteiger partial charge in [-0.25, -0.2) is 14.1 Å². The monoisotopic (exact) mass is 577 g/mol. The van der Waals surface area contributed by atoms with Crippen molar-refractivity contribution < 1.29 is 14.3 Å². The smallest absolute Gasteiger partial charge is 0.261 e. The molecule has 2 aromatic heterocycles. The van der Waals surface area contributed by atoms with Crippen molar-refractivity contribution in [2.45, 2.75) is 38.3 Å². The van der Waals surface area contributed by atoms with Crippen LogP contribution in [-0.2, 0) is 19.6 Å². The summed E-state index contributed by atoms with van der Waals surface area (Å²) in [4.78, 5) is 32.3. The second-order valence-electron chi connectivity index (χ2n) is 10.7. The molecule has 5 aromatic rings. The van der Waals surface area contributed by atoms with E-state index in [9.17, 15) is 9.90 Å². The van der Waals surface area contributed by atoms with E-state index < -0.39 is 18.3 Å². The summed E-state index contributed by atoms with van der Waals surface area (Å²) in [6.07, 6.45) is 5.75. The Morgan fingerprint density at radius 1 is 1.07 bits per heavy atom. The van der Waals surface area contributed by atoms with Crippen LogP contribution in [0.25, 0.3) is 11.4 Å². The zero-order valence-electron chi connectivity index (χ0n) is 23.1. The molecule has 11 nitrogen and oxygen atoms in total. The first-order chi connectivity index (χ1) is 21.0. The van der Waals surface area contributed by atoms with E-state index in [1.54, 1.807) is 29.2 Å². The normalized spacial score (nSPS) is 14.6. The number of aromatic nitrogens is 6. The van der Waals surface area contributed by atoms with Crippen molar-refractivity contribution in [3.63, 3.8) is 0 Å². The molecular weight excluding hydrogens is 549 g/mol. The fraction of sp³-hybridized carbons (Fsp3) is 0.226. The van der Waals surface area contributed by atoms with Crippen LogP contribution < -0.4 is 16.0 Å². The number of fused-ring (bicyclic) bond motifs is 1. The van der Waals surface area contributed by atoms with Gasteiger partial charge in [0.25, 0.3) is 5.91 Å². The Bertz CT molecular complexity index is 1840. The highest BCUT2D eigenvalue weighted by molar-refractivity contribution is 6.09. The van der Waals surface area contributed by atoms with Gasteiger partial charge in [0.1, 0.15) is 18.5 Å². The fourth-order valence-electron chi connectivity index (χ4n) is 5.62. The average molecular weight is 578 g/mol. The molecule has 1 fully saturated rings. The lowest BCUT2D eigenvalue weighted by Crippen LogP contribution is -2.39. The lowest BCUT2D eigenvalue weighted by Gasteiger charge is -2.31. The number of benzene rings is 3. The Morgan fingerprint density at radius 2 is 1.93 bits per heavy atom. The van der Waals surface area contributed by atoms with Crippen molar-refractivity contribution in [1.29, 1.82) is 0 Å². The first-order valence-electron chi connectivity index (χ1n) is 14.0. The summed E-state index contributed by atoms with van der Waals surface area (Å²) in [5.41, 5.74) is 11.0. The van der Waals surface area contributed by atoms with Gasteiger partial charge in [-0.15, -0.1) is 0 Å². The number of carbonyl (C=O) groups is 1.